The standard InChI is InChI=1S/C24H30FNO4/c1-24(2,3)30-23(27)26-15-16-28-21(17-26)22(19-10-5-4-6-11-19)29-20-12-8-7-9-18(20)13-14-25/h4-12,21-22H,13-17H2,1-3H3/t21-,22-/m0/s1. The van der Waals surface area contributed by atoms with E-state index >= 15 is 0 Å². The van der Waals surface area contributed by atoms with E-state index in [0.717, 1.165) is 11.1 Å². The Hall–Kier alpha value is -2.60. The average molecular weight is 416 g/mol. The number of carbonyl (C=O) groups excluding carboxylic acids is 1. The van der Waals surface area contributed by atoms with Crippen molar-refractivity contribution >= 4 is 6.09 Å². The molecule has 5 nitrogen and oxygen atoms in total. The first-order chi connectivity index (χ1) is 14.4. The number of hydrogen-bond donors (Lipinski definition) is 0. The van der Waals surface area contributed by atoms with Crippen LogP contribution in [0.15, 0.2) is 54.6 Å². The minimum absolute atomic E-state index is 0.285. The van der Waals surface area contributed by atoms with Crippen LogP contribution in [0.5, 0.6) is 5.75 Å². The van der Waals surface area contributed by atoms with E-state index in [1.54, 1.807) is 4.90 Å². The quantitative estimate of drug-likeness (QED) is 0.669. The van der Waals surface area contributed by atoms with E-state index in [0.29, 0.717) is 25.4 Å². The van der Waals surface area contributed by atoms with Crippen molar-refractivity contribution in [3.63, 3.8) is 0 Å². The molecule has 1 fully saturated rings. The summed E-state index contributed by atoms with van der Waals surface area (Å²) in [6, 6.07) is 17.2. The number of halogens is 1. The molecule has 1 saturated heterocycles. The molecule has 1 amide bonds. The highest BCUT2D eigenvalue weighted by Crippen LogP contribution is 2.31. The zero-order valence-corrected chi connectivity index (χ0v) is 17.8. The van der Waals surface area contributed by atoms with Crippen molar-refractivity contribution in [1.29, 1.82) is 0 Å². The molecule has 0 saturated carbocycles. The van der Waals surface area contributed by atoms with E-state index in [1.165, 1.54) is 0 Å². The first-order valence-electron chi connectivity index (χ1n) is 10.3. The number of para-hydroxylation sites is 1. The molecule has 2 atom stereocenters. The summed E-state index contributed by atoms with van der Waals surface area (Å²) in [6.45, 7) is 6.29. The van der Waals surface area contributed by atoms with Gasteiger partial charge in [0, 0.05) is 13.0 Å². The van der Waals surface area contributed by atoms with Gasteiger partial charge in [-0.25, -0.2) is 4.79 Å². The lowest BCUT2D eigenvalue weighted by Crippen LogP contribution is -2.50. The van der Waals surface area contributed by atoms with Gasteiger partial charge in [0.05, 0.1) is 19.8 Å². The summed E-state index contributed by atoms with van der Waals surface area (Å²) in [5, 5.41) is 0. The molecule has 0 bridgehead atoms. The van der Waals surface area contributed by atoms with Crippen LogP contribution in [-0.4, -0.2) is 49.1 Å². The van der Waals surface area contributed by atoms with Crippen LogP contribution in [0.2, 0.25) is 0 Å². The van der Waals surface area contributed by atoms with Crippen LogP contribution >= 0.6 is 0 Å². The van der Waals surface area contributed by atoms with Gasteiger partial charge < -0.3 is 19.1 Å². The van der Waals surface area contributed by atoms with Gasteiger partial charge in [0.2, 0.25) is 0 Å². The van der Waals surface area contributed by atoms with Gasteiger partial charge in [0.25, 0.3) is 0 Å². The van der Waals surface area contributed by atoms with Crippen molar-refractivity contribution in [2.75, 3.05) is 26.4 Å². The van der Waals surface area contributed by atoms with Gasteiger partial charge in [0.15, 0.2) is 6.10 Å². The van der Waals surface area contributed by atoms with E-state index < -0.39 is 18.4 Å². The molecular weight excluding hydrogens is 385 g/mol. The summed E-state index contributed by atoms with van der Waals surface area (Å²) in [5.74, 6) is 0.627. The predicted octanol–water partition coefficient (Wildman–Crippen LogP) is 4.95. The van der Waals surface area contributed by atoms with Crippen molar-refractivity contribution < 1.29 is 23.4 Å². The highest BCUT2D eigenvalue weighted by atomic mass is 19.1. The molecule has 0 N–H and O–H groups in total. The van der Waals surface area contributed by atoms with E-state index in [9.17, 15) is 9.18 Å². The Kier molecular flexibility index (Phi) is 7.32. The van der Waals surface area contributed by atoms with Crippen molar-refractivity contribution in [3.05, 3.63) is 65.7 Å². The molecule has 162 valence electrons. The first kappa shape index (κ1) is 22.1. The molecule has 0 unspecified atom stereocenters. The maximum atomic E-state index is 13.0. The fourth-order valence-corrected chi connectivity index (χ4v) is 3.42. The van der Waals surface area contributed by atoms with E-state index in [2.05, 4.69) is 0 Å². The second-order valence-corrected chi connectivity index (χ2v) is 8.33. The number of rotatable bonds is 6. The maximum Gasteiger partial charge on any atom is 0.410 e. The Morgan fingerprint density at radius 3 is 2.57 bits per heavy atom. The predicted molar refractivity (Wildman–Crippen MR) is 113 cm³/mol. The molecular formula is C24H30FNO4. The van der Waals surface area contributed by atoms with Crippen LogP contribution in [0, 0.1) is 0 Å². The highest BCUT2D eigenvalue weighted by molar-refractivity contribution is 5.68. The van der Waals surface area contributed by atoms with Crippen LogP contribution in [0.25, 0.3) is 0 Å². The lowest BCUT2D eigenvalue weighted by atomic mass is 10.0. The number of aryl methyl sites for hydroxylation is 1. The van der Waals surface area contributed by atoms with Crippen molar-refractivity contribution in [2.24, 2.45) is 0 Å². The number of alkyl halides is 1. The van der Waals surface area contributed by atoms with Gasteiger partial charge in [-0.15, -0.1) is 0 Å². The monoisotopic (exact) mass is 415 g/mol. The number of carbonyl (C=O) groups is 1. The number of nitrogens with zero attached hydrogens (tertiary/aromatic N) is 1. The number of amides is 1. The van der Waals surface area contributed by atoms with Crippen molar-refractivity contribution in [1.82, 2.24) is 4.90 Å². The molecule has 0 aromatic heterocycles. The van der Waals surface area contributed by atoms with E-state index in [-0.39, 0.29) is 18.6 Å². The lowest BCUT2D eigenvalue weighted by molar-refractivity contribution is -0.0838. The number of hydrogen-bond acceptors (Lipinski definition) is 4. The Morgan fingerprint density at radius 1 is 1.17 bits per heavy atom. The maximum absolute atomic E-state index is 13.0. The molecule has 2 aromatic rings. The third kappa shape index (κ3) is 5.95. The smallest absolute Gasteiger partial charge is 0.410 e. The van der Waals surface area contributed by atoms with Crippen LogP contribution < -0.4 is 4.74 Å². The summed E-state index contributed by atoms with van der Waals surface area (Å²) in [4.78, 5) is 14.2. The summed E-state index contributed by atoms with van der Waals surface area (Å²) < 4.78 is 31.0. The van der Waals surface area contributed by atoms with Crippen LogP contribution in [-0.2, 0) is 15.9 Å². The van der Waals surface area contributed by atoms with E-state index in [4.69, 9.17) is 14.2 Å². The normalized spacial score (nSPS) is 18.0. The molecule has 1 aliphatic heterocycles. The number of ether oxygens (including phenoxy) is 3. The molecule has 0 aliphatic carbocycles. The van der Waals surface area contributed by atoms with Gasteiger partial charge >= 0.3 is 6.09 Å². The molecule has 0 radical (unpaired) electrons. The lowest BCUT2D eigenvalue weighted by Gasteiger charge is -2.37. The molecule has 0 spiro atoms. The summed E-state index contributed by atoms with van der Waals surface area (Å²) >= 11 is 0. The zero-order valence-electron chi connectivity index (χ0n) is 17.8. The average Bonchev–Trinajstić information content (AvgIpc) is 2.73. The Morgan fingerprint density at radius 2 is 1.87 bits per heavy atom. The second kappa shape index (κ2) is 9.94. The van der Waals surface area contributed by atoms with Gasteiger partial charge in [0.1, 0.15) is 17.5 Å². The van der Waals surface area contributed by atoms with Crippen LogP contribution in [0.4, 0.5) is 9.18 Å². The molecule has 3 rings (SSSR count). The minimum Gasteiger partial charge on any atom is -0.483 e. The fourth-order valence-electron chi connectivity index (χ4n) is 3.42. The van der Waals surface area contributed by atoms with Crippen molar-refractivity contribution in [2.45, 2.75) is 45.0 Å². The molecule has 2 aromatic carbocycles. The van der Waals surface area contributed by atoms with Crippen LogP contribution in [0.3, 0.4) is 0 Å². The topological polar surface area (TPSA) is 48.0 Å². The van der Waals surface area contributed by atoms with Gasteiger partial charge in [-0.05, 0) is 38.0 Å². The summed E-state index contributed by atoms with van der Waals surface area (Å²) in [7, 11) is 0. The molecule has 30 heavy (non-hydrogen) atoms. The summed E-state index contributed by atoms with van der Waals surface area (Å²) in [5.41, 5.74) is 1.18. The SMILES string of the molecule is CC(C)(C)OC(=O)N1CCO[C@H]([C@@H](Oc2ccccc2CCF)c2ccccc2)C1. The zero-order chi connectivity index (χ0) is 21.6. The van der Waals surface area contributed by atoms with Gasteiger partial charge in [-0.1, -0.05) is 48.5 Å². The minimum atomic E-state index is -0.564. The fraction of sp³-hybridized carbons (Fsp3) is 0.458. The Balaban J connectivity index is 1.83. The number of benzene rings is 2. The molecule has 6 heteroatoms. The Labute approximate surface area is 177 Å². The van der Waals surface area contributed by atoms with Crippen LogP contribution in [0.1, 0.15) is 38.0 Å². The number of morpholine rings is 1. The van der Waals surface area contributed by atoms with Gasteiger partial charge in [-0.3, -0.25) is 4.39 Å². The highest BCUT2D eigenvalue weighted by Gasteiger charge is 2.34. The molecule has 1 aliphatic rings. The third-order valence-electron chi connectivity index (χ3n) is 4.80. The van der Waals surface area contributed by atoms with Crippen molar-refractivity contribution in [3.8, 4) is 5.75 Å². The largest absolute Gasteiger partial charge is 0.483 e. The van der Waals surface area contributed by atoms with Gasteiger partial charge in [-0.2, -0.15) is 0 Å². The Bertz CT molecular complexity index is 821. The summed E-state index contributed by atoms with van der Waals surface area (Å²) in [6.07, 6.45) is -0.905. The third-order valence-corrected chi connectivity index (χ3v) is 4.80. The second-order valence-electron chi connectivity index (χ2n) is 8.33. The molecule has 1 heterocycles. The first-order valence-corrected chi connectivity index (χ1v) is 10.3. The van der Waals surface area contributed by atoms with E-state index in [1.807, 2.05) is 75.4 Å².